The van der Waals surface area contributed by atoms with Crippen molar-refractivity contribution in [3.8, 4) is 0 Å². The van der Waals surface area contributed by atoms with E-state index in [1.54, 1.807) is 0 Å². The third kappa shape index (κ3) is 4.44. The lowest BCUT2D eigenvalue weighted by Gasteiger charge is -2.46. The van der Waals surface area contributed by atoms with Crippen LogP contribution in [0, 0.1) is 0 Å². The van der Waals surface area contributed by atoms with Gasteiger partial charge in [-0.1, -0.05) is 0 Å². The van der Waals surface area contributed by atoms with Crippen LogP contribution < -0.4 is 20.4 Å². The van der Waals surface area contributed by atoms with Gasteiger partial charge in [0, 0.05) is 6.42 Å². The number of nitrogens with two attached hydrogens (primary N) is 1. The molecule has 4 nitrogen and oxygen atoms in total. The highest BCUT2D eigenvalue weighted by Gasteiger charge is 2.09. The van der Waals surface area contributed by atoms with Gasteiger partial charge >= 0.3 is 0 Å². The van der Waals surface area contributed by atoms with Crippen LogP contribution in [0.1, 0.15) is 6.42 Å². The highest BCUT2D eigenvalue weighted by molar-refractivity contribution is 7.98. The fourth-order valence-electron chi connectivity index (χ4n) is 0.397. The Morgan fingerprint density at radius 2 is 2.00 bits per heavy atom. The molecule has 0 rings (SSSR count). The van der Waals surface area contributed by atoms with E-state index in [0.717, 1.165) is 0 Å². The molecule has 0 unspecified atom stereocenters. The van der Waals surface area contributed by atoms with Gasteiger partial charge in [-0.2, -0.15) is 11.8 Å². The van der Waals surface area contributed by atoms with E-state index >= 15 is 0 Å². The van der Waals surface area contributed by atoms with E-state index in [0.29, 0.717) is 5.75 Å². The molecule has 0 amide bonds. The van der Waals surface area contributed by atoms with Crippen LogP contribution in [0.5, 0.6) is 0 Å². The summed E-state index contributed by atoms with van der Waals surface area (Å²) in [6.07, 6.45) is 2.07. The molecule has 10 heavy (non-hydrogen) atoms. The van der Waals surface area contributed by atoms with Crippen LogP contribution >= 0.6 is 19.7 Å². The molecule has 1 atom stereocenters. The van der Waals surface area contributed by atoms with Crippen LogP contribution in [-0.4, -0.2) is 17.8 Å². The molecule has 0 aliphatic rings. The summed E-state index contributed by atoms with van der Waals surface area (Å²) in [4.78, 5) is 30.5. The first-order chi connectivity index (χ1) is 4.48. The molecule has 0 aromatic heterocycles. The van der Waals surface area contributed by atoms with Gasteiger partial charge in [0.15, 0.2) is 0 Å². The van der Waals surface area contributed by atoms with Crippen molar-refractivity contribution in [1.82, 2.24) is 0 Å². The Kier molecular flexibility index (Phi) is 4.77. The van der Waals surface area contributed by atoms with Crippen LogP contribution in [0.15, 0.2) is 0 Å². The molecule has 0 aromatic carbocycles. The van der Waals surface area contributed by atoms with E-state index in [-0.39, 0.29) is 6.42 Å². The Morgan fingerprint density at radius 3 is 2.30 bits per heavy atom. The molecule has 0 fully saturated rings. The summed E-state index contributed by atoms with van der Waals surface area (Å²) in [7, 11) is -4.52. The smallest absolute Gasteiger partial charge is 0.100 e. The summed E-state index contributed by atoms with van der Waals surface area (Å²) in [6, 6.07) is 0. The molecule has 0 heterocycles. The molecular formula is C4H10NO3PS-2. The van der Waals surface area contributed by atoms with Gasteiger partial charge in [-0.3, -0.25) is 5.73 Å². The zero-order chi connectivity index (χ0) is 8.20. The van der Waals surface area contributed by atoms with Crippen LogP contribution in [0.2, 0.25) is 0 Å². The van der Waals surface area contributed by atoms with Gasteiger partial charge in [0.2, 0.25) is 0 Å². The molecule has 2 N–H and O–H groups in total. The summed E-state index contributed by atoms with van der Waals surface area (Å²) in [6.45, 7) is 0. The fourth-order valence-corrected chi connectivity index (χ4v) is 1.51. The minimum Gasteiger partial charge on any atom is -0.686 e. The molecule has 0 saturated carbocycles. The molecular weight excluding hydrogens is 173 g/mol. The summed E-state index contributed by atoms with van der Waals surface area (Å²) in [5.41, 5.74) is 5.04. The molecule has 62 valence electrons. The Labute approximate surface area is 65.0 Å². The van der Waals surface area contributed by atoms with Gasteiger partial charge in [0.25, 0.3) is 0 Å². The predicted molar refractivity (Wildman–Crippen MR) is 37.9 cm³/mol. The molecule has 6 heteroatoms. The SMILES string of the molecule is CSCC[C@H](N)[P+]([O-])([O-])[O-]. The lowest BCUT2D eigenvalue weighted by atomic mass is 10.5. The number of rotatable bonds is 4. The molecule has 0 bridgehead atoms. The van der Waals surface area contributed by atoms with Crippen LogP contribution in [0.3, 0.4) is 0 Å². The van der Waals surface area contributed by atoms with Crippen LogP contribution in [-0.2, 0) is 0 Å². The zero-order valence-electron chi connectivity index (χ0n) is 5.65. The van der Waals surface area contributed by atoms with Gasteiger partial charge in [0.1, 0.15) is 5.78 Å². The molecule has 0 aliphatic carbocycles. The van der Waals surface area contributed by atoms with Gasteiger partial charge in [-0.25, -0.2) is 0 Å². The maximum absolute atomic E-state index is 10.2. The van der Waals surface area contributed by atoms with E-state index < -0.39 is 13.7 Å². The predicted octanol–water partition coefficient (Wildman–Crippen LogP) is -2.13. The first-order valence-electron chi connectivity index (χ1n) is 2.74. The number of thioether (sulfide) groups is 1. The largest absolute Gasteiger partial charge is 0.686 e. The first kappa shape index (κ1) is 10.6. The lowest BCUT2D eigenvalue weighted by Crippen LogP contribution is -2.45. The van der Waals surface area contributed by atoms with Crippen molar-refractivity contribution in [1.29, 1.82) is 0 Å². The van der Waals surface area contributed by atoms with Crippen molar-refractivity contribution in [3.05, 3.63) is 0 Å². The average Bonchev–Trinajstić information content (AvgIpc) is 1.80. The monoisotopic (exact) mass is 183 g/mol. The van der Waals surface area contributed by atoms with Gasteiger partial charge in [0.05, 0.1) is 0 Å². The van der Waals surface area contributed by atoms with E-state index in [4.69, 9.17) is 5.73 Å². The Morgan fingerprint density at radius 1 is 1.50 bits per heavy atom. The topological polar surface area (TPSA) is 95.2 Å². The van der Waals surface area contributed by atoms with Gasteiger partial charge in [-0.05, 0) is 12.0 Å². The van der Waals surface area contributed by atoms with E-state index in [1.807, 2.05) is 6.26 Å². The minimum absolute atomic E-state index is 0.242. The van der Waals surface area contributed by atoms with E-state index in [2.05, 4.69) is 0 Å². The average molecular weight is 183 g/mol. The van der Waals surface area contributed by atoms with E-state index in [9.17, 15) is 14.7 Å². The number of hydrogen-bond donors (Lipinski definition) is 1. The minimum atomic E-state index is -4.52. The van der Waals surface area contributed by atoms with Crippen molar-refractivity contribution in [2.75, 3.05) is 12.0 Å². The summed E-state index contributed by atoms with van der Waals surface area (Å²) in [5, 5.41) is 0. The van der Waals surface area contributed by atoms with Crippen molar-refractivity contribution in [3.63, 3.8) is 0 Å². The third-order valence-electron chi connectivity index (χ3n) is 1.02. The normalized spacial score (nSPS) is 15.3. The lowest BCUT2D eigenvalue weighted by molar-refractivity contribution is -0.430. The van der Waals surface area contributed by atoms with E-state index in [1.165, 1.54) is 11.8 Å². The van der Waals surface area contributed by atoms with Crippen molar-refractivity contribution in [2.24, 2.45) is 5.73 Å². The van der Waals surface area contributed by atoms with Crippen molar-refractivity contribution < 1.29 is 14.7 Å². The maximum atomic E-state index is 10.2. The van der Waals surface area contributed by atoms with Crippen LogP contribution in [0.25, 0.3) is 0 Å². The zero-order valence-corrected chi connectivity index (χ0v) is 7.36. The Balaban J connectivity index is 3.52. The maximum Gasteiger partial charge on any atom is 0.100 e. The second kappa shape index (κ2) is 4.49. The van der Waals surface area contributed by atoms with Crippen molar-refractivity contribution >= 4 is 19.7 Å². The van der Waals surface area contributed by atoms with Gasteiger partial charge in [-0.15, -0.1) is 7.94 Å². The highest BCUT2D eigenvalue weighted by atomic mass is 32.2. The second-order valence-electron chi connectivity index (χ2n) is 1.89. The standard InChI is InChI=1S/C4H12NO3PS/c1-10-3-2-4(5)9(6,7)8/h4H,2-3,5H2,1H3,(H2,6,7,8)/p-2/t4-/m1/s1. The second-order valence-corrected chi connectivity index (χ2v) is 4.62. The van der Waals surface area contributed by atoms with Gasteiger partial charge < -0.3 is 14.7 Å². The summed E-state index contributed by atoms with van der Waals surface area (Å²) < 4.78 is 0. The quantitative estimate of drug-likeness (QED) is 0.502. The Hall–Kier alpha value is 0.620. The number of hydrogen-bond acceptors (Lipinski definition) is 5. The molecule has 0 spiro atoms. The molecule has 0 saturated heterocycles. The summed E-state index contributed by atoms with van der Waals surface area (Å²) >= 11 is 1.47. The first-order valence-corrected chi connectivity index (χ1v) is 5.75. The molecule has 0 aromatic rings. The molecule has 0 radical (unpaired) electrons. The van der Waals surface area contributed by atoms with Crippen LogP contribution in [0.4, 0.5) is 0 Å². The highest BCUT2D eigenvalue weighted by Crippen LogP contribution is 2.33. The molecule has 0 aliphatic heterocycles. The van der Waals surface area contributed by atoms with Crippen molar-refractivity contribution in [2.45, 2.75) is 12.2 Å². The fraction of sp³-hybridized carbons (Fsp3) is 1.00. The Bertz CT molecular complexity index is 97.0. The third-order valence-corrected chi connectivity index (χ3v) is 2.74. The summed E-state index contributed by atoms with van der Waals surface area (Å²) in [5.74, 6) is -0.602.